The van der Waals surface area contributed by atoms with E-state index >= 15 is 0 Å². The molecule has 168 valence electrons. The summed E-state index contributed by atoms with van der Waals surface area (Å²) in [6.07, 6.45) is 0. The molecule has 0 bridgehead atoms. The third-order valence-corrected chi connectivity index (χ3v) is 6.39. The number of nitrogens with zero attached hydrogens (tertiary/aromatic N) is 2. The molecule has 0 spiro atoms. The highest BCUT2D eigenvalue weighted by Crippen LogP contribution is 2.39. The molecule has 0 unspecified atom stereocenters. The van der Waals surface area contributed by atoms with Gasteiger partial charge in [0.2, 0.25) is 0 Å². The van der Waals surface area contributed by atoms with E-state index in [1.807, 2.05) is 36.4 Å². The molecular formula is C30H23BN2O2. The standard InChI is InChI=1S/C30H23BN2O2/c34-31(35)22-15-17-25(18-16-22)32(23-9-3-1-4-10-23)26-19-20-28-27-13-7-8-14-29(27)33(30(28)21-26)24-11-5-2-6-12-24/h1-21,34-35H. The van der Waals surface area contributed by atoms with Crippen LogP contribution in [0.2, 0.25) is 0 Å². The molecule has 5 aromatic carbocycles. The smallest absolute Gasteiger partial charge is 0.423 e. The fourth-order valence-electron chi connectivity index (χ4n) is 4.77. The molecule has 1 heterocycles. The minimum absolute atomic E-state index is 0.460. The minimum atomic E-state index is -1.49. The van der Waals surface area contributed by atoms with Crippen LogP contribution in [0.15, 0.2) is 127 Å². The van der Waals surface area contributed by atoms with Gasteiger partial charge in [0.15, 0.2) is 0 Å². The third kappa shape index (κ3) is 3.77. The van der Waals surface area contributed by atoms with Crippen LogP contribution in [0.5, 0.6) is 0 Å². The number of anilines is 3. The summed E-state index contributed by atoms with van der Waals surface area (Å²) in [5.74, 6) is 0. The van der Waals surface area contributed by atoms with Crippen molar-refractivity contribution in [3.8, 4) is 5.69 Å². The molecule has 0 aliphatic rings. The fraction of sp³-hybridized carbons (Fsp3) is 0. The van der Waals surface area contributed by atoms with Crippen molar-refractivity contribution in [1.82, 2.24) is 4.57 Å². The maximum Gasteiger partial charge on any atom is 0.488 e. The number of aromatic nitrogens is 1. The maximum atomic E-state index is 9.55. The van der Waals surface area contributed by atoms with Gasteiger partial charge in [-0.05, 0) is 60.1 Å². The van der Waals surface area contributed by atoms with Gasteiger partial charge in [-0.2, -0.15) is 0 Å². The van der Waals surface area contributed by atoms with Crippen molar-refractivity contribution in [3.63, 3.8) is 0 Å². The lowest BCUT2D eigenvalue weighted by Crippen LogP contribution is -2.29. The van der Waals surface area contributed by atoms with Gasteiger partial charge in [-0.15, -0.1) is 0 Å². The maximum absolute atomic E-state index is 9.55. The molecule has 1 aromatic heterocycles. The lowest BCUT2D eigenvalue weighted by atomic mass is 9.80. The second kappa shape index (κ2) is 8.80. The van der Waals surface area contributed by atoms with Gasteiger partial charge in [0.25, 0.3) is 0 Å². The van der Waals surface area contributed by atoms with Gasteiger partial charge < -0.3 is 19.5 Å². The van der Waals surface area contributed by atoms with Crippen LogP contribution < -0.4 is 10.4 Å². The molecule has 2 N–H and O–H groups in total. The number of benzene rings is 5. The summed E-state index contributed by atoms with van der Waals surface area (Å²) in [6, 6.07) is 43.0. The van der Waals surface area contributed by atoms with Crippen LogP contribution in [-0.4, -0.2) is 21.7 Å². The first-order valence-corrected chi connectivity index (χ1v) is 11.6. The molecule has 0 amide bonds. The quantitative estimate of drug-likeness (QED) is 0.318. The first-order chi connectivity index (χ1) is 17.2. The Bertz CT molecular complexity index is 1610. The van der Waals surface area contributed by atoms with E-state index < -0.39 is 7.12 Å². The molecule has 35 heavy (non-hydrogen) atoms. The Morgan fingerprint density at radius 3 is 1.80 bits per heavy atom. The van der Waals surface area contributed by atoms with E-state index in [0.29, 0.717) is 5.46 Å². The molecule has 0 radical (unpaired) electrons. The van der Waals surface area contributed by atoms with E-state index in [4.69, 9.17) is 0 Å². The van der Waals surface area contributed by atoms with Gasteiger partial charge >= 0.3 is 7.12 Å². The number of hydrogen-bond acceptors (Lipinski definition) is 3. The van der Waals surface area contributed by atoms with Crippen LogP contribution in [0.1, 0.15) is 0 Å². The van der Waals surface area contributed by atoms with Crippen LogP contribution in [0, 0.1) is 0 Å². The molecule has 4 nitrogen and oxygen atoms in total. The van der Waals surface area contributed by atoms with Gasteiger partial charge in [0.05, 0.1) is 11.0 Å². The Balaban J connectivity index is 1.60. The first-order valence-electron chi connectivity index (χ1n) is 11.6. The molecule has 6 rings (SSSR count). The Hall–Kier alpha value is -4.32. The molecule has 5 heteroatoms. The summed E-state index contributed by atoms with van der Waals surface area (Å²) in [6.45, 7) is 0. The normalized spacial score (nSPS) is 11.1. The first kappa shape index (κ1) is 21.2. The molecule has 0 fully saturated rings. The van der Waals surface area contributed by atoms with Crippen molar-refractivity contribution in [2.24, 2.45) is 0 Å². The number of fused-ring (bicyclic) bond motifs is 3. The summed E-state index contributed by atoms with van der Waals surface area (Å²) < 4.78 is 2.31. The monoisotopic (exact) mass is 454 g/mol. The second-order valence-corrected chi connectivity index (χ2v) is 8.53. The van der Waals surface area contributed by atoms with E-state index in [-0.39, 0.29) is 0 Å². The van der Waals surface area contributed by atoms with Gasteiger partial charge in [-0.1, -0.05) is 72.8 Å². The zero-order valence-electron chi connectivity index (χ0n) is 19.0. The lowest BCUT2D eigenvalue weighted by Gasteiger charge is -2.26. The predicted molar refractivity (Wildman–Crippen MR) is 145 cm³/mol. The van der Waals surface area contributed by atoms with Crippen LogP contribution >= 0.6 is 0 Å². The van der Waals surface area contributed by atoms with Gasteiger partial charge in [0.1, 0.15) is 0 Å². The van der Waals surface area contributed by atoms with E-state index in [2.05, 4.69) is 88.3 Å². The lowest BCUT2D eigenvalue weighted by molar-refractivity contribution is 0.426. The molecule has 0 aliphatic carbocycles. The van der Waals surface area contributed by atoms with Crippen molar-refractivity contribution >= 4 is 51.4 Å². The van der Waals surface area contributed by atoms with Crippen molar-refractivity contribution in [2.45, 2.75) is 0 Å². The molecular weight excluding hydrogens is 431 g/mol. The number of rotatable bonds is 5. The van der Waals surface area contributed by atoms with E-state index in [0.717, 1.165) is 28.3 Å². The van der Waals surface area contributed by atoms with E-state index in [1.165, 1.54) is 16.3 Å². The topological polar surface area (TPSA) is 48.6 Å². The SMILES string of the molecule is OB(O)c1ccc(N(c2ccccc2)c2ccc3c4ccccc4n(-c4ccccc4)c3c2)cc1. The molecule has 6 aromatic rings. The highest BCUT2D eigenvalue weighted by Gasteiger charge is 2.18. The summed E-state index contributed by atoms with van der Waals surface area (Å²) in [4.78, 5) is 2.18. The average molecular weight is 454 g/mol. The van der Waals surface area contributed by atoms with Gasteiger partial charge in [-0.25, -0.2) is 0 Å². The molecule has 0 saturated heterocycles. The van der Waals surface area contributed by atoms with Crippen molar-refractivity contribution in [2.75, 3.05) is 4.90 Å². The second-order valence-electron chi connectivity index (χ2n) is 8.53. The van der Waals surface area contributed by atoms with Gasteiger partial charge in [-0.3, -0.25) is 0 Å². The van der Waals surface area contributed by atoms with Crippen LogP contribution in [0.25, 0.3) is 27.5 Å². The predicted octanol–water partition coefficient (Wildman–Crippen LogP) is 5.93. The summed E-state index contributed by atoms with van der Waals surface area (Å²) in [5, 5.41) is 21.5. The third-order valence-electron chi connectivity index (χ3n) is 6.39. The number of para-hydroxylation sites is 3. The Kier molecular flexibility index (Phi) is 5.34. The Morgan fingerprint density at radius 2 is 1.09 bits per heavy atom. The highest BCUT2D eigenvalue weighted by atomic mass is 16.4. The van der Waals surface area contributed by atoms with Gasteiger partial charge in [0, 0.05) is 33.5 Å². The minimum Gasteiger partial charge on any atom is -0.423 e. The number of hydrogen-bond donors (Lipinski definition) is 2. The zero-order chi connectivity index (χ0) is 23.8. The summed E-state index contributed by atoms with van der Waals surface area (Å²) in [5.41, 5.74) is 6.83. The van der Waals surface area contributed by atoms with Crippen molar-refractivity contribution in [3.05, 3.63) is 127 Å². The largest absolute Gasteiger partial charge is 0.488 e. The van der Waals surface area contributed by atoms with Crippen molar-refractivity contribution in [1.29, 1.82) is 0 Å². The summed E-state index contributed by atoms with van der Waals surface area (Å²) in [7, 11) is -1.49. The highest BCUT2D eigenvalue weighted by molar-refractivity contribution is 6.58. The molecule has 0 saturated carbocycles. The molecule has 0 atom stereocenters. The summed E-state index contributed by atoms with van der Waals surface area (Å²) >= 11 is 0. The van der Waals surface area contributed by atoms with Crippen LogP contribution in [-0.2, 0) is 0 Å². The van der Waals surface area contributed by atoms with E-state index in [1.54, 1.807) is 12.1 Å². The average Bonchev–Trinajstić information content (AvgIpc) is 3.24. The zero-order valence-corrected chi connectivity index (χ0v) is 19.0. The Morgan fingerprint density at radius 1 is 0.514 bits per heavy atom. The molecule has 0 aliphatic heterocycles. The van der Waals surface area contributed by atoms with E-state index in [9.17, 15) is 10.0 Å². The van der Waals surface area contributed by atoms with Crippen LogP contribution in [0.3, 0.4) is 0 Å². The fourth-order valence-corrected chi connectivity index (χ4v) is 4.77. The Labute approximate surface area is 204 Å². The van der Waals surface area contributed by atoms with Crippen molar-refractivity contribution < 1.29 is 10.0 Å². The van der Waals surface area contributed by atoms with Crippen LogP contribution in [0.4, 0.5) is 17.1 Å².